The molecule has 2 amide bonds. The minimum absolute atomic E-state index is 0.0193. The van der Waals surface area contributed by atoms with E-state index >= 15 is 0 Å². The van der Waals surface area contributed by atoms with Crippen LogP contribution in [0.5, 0.6) is 0 Å². The number of ether oxygens (including phenoxy) is 1. The molecule has 0 aliphatic carbocycles. The molecule has 1 spiro atoms. The van der Waals surface area contributed by atoms with E-state index in [2.05, 4.69) is 20.1 Å². The SMILES string of the molecule is C=CCOC(=O)[C@@H]1[C@@H]2CC(C)C3(S2)C(C(=O)N(CC=C)c2c(C)cccc2C)N([C@@H](CO)CC(C)C)C(=O)[C@H]13. The molecule has 3 saturated heterocycles. The van der Waals surface area contributed by atoms with Gasteiger partial charge in [-0.15, -0.1) is 18.3 Å². The molecule has 3 aliphatic rings. The lowest BCUT2D eigenvalue weighted by molar-refractivity contribution is -0.154. The number of anilines is 1. The quantitative estimate of drug-likeness (QED) is 0.324. The third-order valence-corrected chi connectivity index (χ3v) is 10.7. The second-order valence-electron chi connectivity index (χ2n) is 11.7. The Morgan fingerprint density at radius 1 is 1.26 bits per heavy atom. The van der Waals surface area contributed by atoms with Gasteiger partial charge in [-0.2, -0.15) is 0 Å². The van der Waals surface area contributed by atoms with Crippen molar-refractivity contribution in [3.8, 4) is 0 Å². The van der Waals surface area contributed by atoms with Crippen LogP contribution in [0.25, 0.3) is 0 Å². The van der Waals surface area contributed by atoms with E-state index in [9.17, 15) is 19.5 Å². The molecule has 3 fully saturated rings. The second kappa shape index (κ2) is 11.5. The summed E-state index contributed by atoms with van der Waals surface area (Å²) in [6, 6.07) is 4.55. The zero-order chi connectivity index (χ0) is 28.6. The third kappa shape index (κ3) is 4.73. The number of aryl methyl sites for hydroxylation is 2. The minimum Gasteiger partial charge on any atom is -0.461 e. The summed E-state index contributed by atoms with van der Waals surface area (Å²) in [5.74, 6) is -1.93. The summed E-state index contributed by atoms with van der Waals surface area (Å²) in [6.07, 6.45) is 4.50. The van der Waals surface area contributed by atoms with Crippen molar-refractivity contribution >= 4 is 35.2 Å². The summed E-state index contributed by atoms with van der Waals surface area (Å²) >= 11 is 1.61. The van der Waals surface area contributed by atoms with E-state index < -0.39 is 34.6 Å². The molecule has 3 heterocycles. The number of aliphatic hydroxyl groups is 1. The number of thioether (sulfide) groups is 1. The van der Waals surface area contributed by atoms with Crippen molar-refractivity contribution in [2.75, 3.05) is 24.7 Å². The van der Waals surface area contributed by atoms with Gasteiger partial charge in [-0.3, -0.25) is 14.4 Å². The predicted molar refractivity (Wildman–Crippen MR) is 155 cm³/mol. The molecule has 4 rings (SSSR count). The number of nitrogens with zero attached hydrogens (tertiary/aromatic N) is 2. The van der Waals surface area contributed by atoms with Gasteiger partial charge < -0.3 is 19.6 Å². The maximum atomic E-state index is 14.9. The van der Waals surface area contributed by atoms with Gasteiger partial charge >= 0.3 is 5.97 Å². The second-order valence-corrected chi connectivity index (χ2v) is 13.2. The van der Waals surface area contributed by atoms with Crippen molar-refractivity contribution in [1.82, 2.24) is 4.90 Å². The molecule has 7 atom stereocenters. The maximum Gasteiger partial charge on any atom is 0.311 e. The summed E-state index contributed by atoms with van der Waals surface area (Å²) in [7, 11) is 0. The van der Waals surface area contributed by atoms with Crippen LogP contribution < -0.4 is 4.90 Å². The summed E-state index contributed by atoms with van der Waals surface area (Å²) < 4.78 is 4.69. The number of carbonyl (C=O) groups is 3. The maximum absolute atomic E-state index is 14.9. The Hall–Kier alpha value is -2.58. The number of hydrogen-bond acceptors (Lipinski definition) is 6. The van der Waals surface area contributed by atoms with Gasteiger partial charge in [0.25, 0.3) is 5.91 Å². The van der Waals surface area contributed by atoms with Crippen LogP contribution in [0, 0.1) is 37.5 Å². The van der Waals surface area contributed by atoms with Gasteiger partial charge in [0.15, 0.2) is 0 Å². The summed E-state index contributed by atoms with van der Waals surface area (Å²) in [6.45, 7) is 17.8. The lowest BCUT2D eigenvalue weighted by Crippen LogP contribution is -2.59. The topological polar surface area (TPSA) is 87.2 Å². The molecule has 1 aromatic rings. The predicted octanol–water partition coefficient (Wildman–Crippen LogP) is 4.30. The van der Waals surface area contributed by atoms with E-state index in [1.807, 2.05) is 45.9 Å². The monoisotopic (exact) mass is 554 g/mol. The van der Waals surface area contributed by atoms with Gasteiger partial charge in [-0.05, 0) is 49.7 Å². The average Bonchev–Trinajstić information content (AvgIpc) is 3.48. The molecular weight excluding hydrogens is 512 g/mol. The molecule has 0 aromatic heterocycles. The largest absolute Gasteiger partial charge is 0.461 e. The molecule has 212 valence electrons. The number of esters is 1. The van der Waals surface area contributed by atoms with Crippen molar-refractivity contribution in [2.24, 2.45) is 23.7 Å². The molecule has 8 heteroatoms. The molecule has 3 unspecified atom stereocenters. The van der Waals surface area contributed by atoms with Crippen molar-refractivity contribution in [3.05, 3.63) is 54.6 Å². The van der Waals surface area contributed by atoms with Crippen LogP contribution in [0.15, 0.2) is 43.5 Å². The first-order chi connectivity index (χ1) is 18.5. The molecule has 7 nitrogen and oxygen atoms in total. The van der Waals surface area contributed by atoms with Crippen LogP contribution in [0.3, 0.4) is 0 Å². The highest BCUT2D eigenvalue weighted by molar-refractivity contribution is 8.02. The van der Waals surface area contributed by atoms with Crippen molar-refractivity contribution in [1.29, 1.82) is 0 Å². The lowest BCUT2D eigenvalue weighted by atomic mass is 9.66. The van der Waals surface area contributed by atoms with Gasteiger partial charge in [0.2, 0.25) is 5.91 Å². The standard InChI is InChI=1S/C31H42N2O5S/c1-8-13-32(26-19(5)11-10-12-20(26)6)29(36)27-31-21(7)16-23(39-31)24(30(37)38-14-9-2)25(31)28(35)33(27)22(17-34)15-18(3)4/h8-12,18,21-25,27,34H,1-2,13-17H2,3-7H3/t21?,22-,23+,24-,25+,27?,31?/m1/s1. The van der Waals surface area contributed by atoms with E-state index in [4.69, 9.17) is 4.74 Å². The Morgan fingerprint density at radius 3 is 2.49 bits per heavy atom. The van der Waals surface area contributed by atoms with Crippen LogP contribution in [0.1, 0.15) is 44.7 Å². The highest BCUT2D eigenvalue weighted by Gasteiger charge is 2.77. The summed E-state index contributed by atoms with van der Waals surface area (Å²) in [5.41, 5.74) is 2.72. The first kappa shape index (κ1) is 29.4. The fourth-order valence-electron chi connectivity index (χ4n) is 7.26. The fourth-order valence-corrected chi connectivity index (χ4v) is 9.65. The fraction of sp³-hybridized carbons (Fsp3) is 0.581. The number of benzene rings is 1. The Bertz CT molecular complexity index is 1130. The van der Waals surface area contributed by atoms with E-state index in [-0.39, 0.29) is 48.7 Å². The van der Waals surface area contributed by atoms with E-state index in [1.54, 1.807) is 27.6 Å². The van der Waals surface area contributed by atoms with Crippen LogP contribution in [0.4, 0.5) is 5.69 Å². The number of aliphatic hydroxyl groups excluding tert-OH is 1. The average molecular weight is 555 g/mol. The van der Waals surface area contributed by atoms with Gasteiger partial charge in [0.05, 0.1) is 29.2 Å². The zero-order valence-corrected chi connectivity index (χ0v) is 24.6. The Morgan fingerprint density at radius 2 is 1.92 bits per heavy atom. The van der Waals surface area contributed by atoms with E-state index in [1.165, 1.54) is 6.08 Å². The van der Waals surface area contributed by atoms with Gasteiger partial charge in [-0.25, -0.2) is 0 Å². The highest BCUT2D eigenvalue weighted by Crippen LogP contribution is 2.69. The molecule has 1 aromatic carbocycles. The van der Waals surface area contributed by atoms with Crippen LogP contribution in [-0.4, -0.2) is 69.6 Å². The number of fused-ring (bicyclic) bond motifs is 1. The number of likely N-dealkylation sites (tertiary alicyclic amines) is 1. The lowest BCUT2D eigenvalue weighted by Gasteiger charge is -2.42. The zero-order valence-electron chi connectivity index (χ0n) is 23.8. The Kier molecular flexibility index (Phi) is 8.67. The van der Waals surface area contributed by atoms with Gasteiger partial charge in [0, 0.05) is 17.5 Å². The molecule has 39 heavy (non-hydrogen) atoms. The highest BCUT2D eigenvalue weighted by atomic mass is 32.2. The Balaban J connectivity index is 1.88. The van der Waals surface area contributed by atoms with Crippen LogP contribution in [-0.2, 0) is 19.1 Å². The van der Waals surface area contributed by atoms with E-state index in [0.717, 1.165) is 23.2 Å². The molecule has 3 aliphatic heterocycles. The number of rotatable bonds is 11. The molecular formula is C31H42N2O5S. The first-order valence-corrected chi connectivity index (χ1v) is 14.8. The molecule has 0 radical (unpaired) electrons. The Labute approximate surface area is 236 Å². The number of carbonyl (C=O) groups excluding carboxylic acids is 3. The van der Waals surface area contributed by atoms with Gasteiger partial charge in [-0.1, -0.05) is 57.7 Å². The minimum atomic E-state index is -0.827. The van der Waals surface area contributed by atoms with Gasteiger partial charge in [0.1, 0.15) is 12.6 Å². The molecule has 0 saturated carbocycles. The van der Waals surface area contributed by atoms with Crippen LogP contribution in [0.2, 0.25) is 0 Å². The third-order valence-electron chi connectivity index (χ3n) is 8.67. The van der Waals surface area contributed by atoms with Crippen molar-refractivity contribution in [2.45, 2.75) is 69.5 Å². The number of hydrogen-bond donors (Lipinski definition) is 1. The normalized spacial score (nSPS) is 29.9. The molecule has 2 bridgehead atoms. The summed E-state index contributed by atoms with van der Waals surface area (Å²) in [4.78, 5) is 46.0. The number of amides is 2. The van der Waals surface area contributed by atoms with Crippen molar-refractivity contribution < 1.29 is 24.2 Å². The summed E-state index contributed by atoms with van der Waals surface area (Å²) in [5, 5.41) is 10.4. The van der Waals surface area contributed by atoms with Crippen molar-refractivity contribution in [3.63, 3.8) is 0 Å². The van der Waals surface area contributed by atoms with E-state index in [0.29, 0.717) is 6.42 Å². The van der Waals surface area contributed by atoms with Crippen LogP contribution >= 0.6 is 11.8 Å². The first-order valence-electron chi connectivity index (χ1n) is 13.9. The smallest absolute Gasteiger partial charge is 0.311 e. The number of para-hydroxylation sites is 1. The molecule has 1 N–H and O–H groups in total.